The third-order valence-corrected chi connectivity index (χ3v) is 14.6. The van der Waals surface area contributed by atoms with Crippen molar-refractivity contribution in [2.24, 2.45) is 23.7 Å². The number of hydrogen-bond acceptors (Lipinski definition) is 9. The van der Waals surface area contributed by atoms with Gasteiger partial charge in [-0.1, -0.05) is 31.1 Å². The van der Waals surface area contributed by atoms with Gasteiger partial charge in [-0.25, -0.2) is 13.4 Å². The Morgan fingerprint density at radius 3 is 2.49 bits per heavy atom. The van der Waals surface area contributed by atoms with Crippen LogP contribution in [0.25, 0.3) is 10.8 Å². The molecule has 1 aromatic carbocycles. The van der Waals surface area contributed by atoms with Crippen LogP contribution >= 0.6 is 0 Å². The Morgan fingerprint density at radius 1 is 0.962 bits per heavy atom. The maximum absolute atomic E-state index is 14.8. The lowest BCUT2D eigenvalue weighted by molar-refractivity contribution is -0.156. The predicted molar refractivity (Wildman–Crippen MR) is 196 cm³/mol. The SMILES string of the molecule is C=C[C@@H]1C[C@]1(NC(=O)[C@@H]1C[C@@H]2CN1C(=O)[C@H](C1CCCC1)CC(=O)O[C@@H]1CCC[C@@H]1CCCc1ccc3ccnc(c3c1)O2)C(=O)NS(=O)(=O)C1CC1. The number of aromatic nitrogens is 1. The van der Waals surface area contributed by atoms with E-state index in [9.17, 15) is 27.6 Å². The van der Waals surface area contributed by atoms with Crippen molar-refractivity contribution in [3.63, 3.8) is 0 Å². The number of amides is 3. The Kier molecular flexibility index (Phi) is 9.74. The van der Waals surface area contributed by atoms with Crippen molar-refractivity contribution in [2.75, 3.05) is 6.54 Å². The van der Waals surface area contributed by atoms with E-state index in [-0.39, 0.29) is 55.6 Å². The van der Waals surface area contributed by atoms with E-state index in [1.807, 2.05) is 6.07 Å². The average molecular weight is 747 g/mol. The van der Waals surface area contributed by atoms with Crippen LogP contribution in [0.15, 0.2) is 43.1 Å². The van der Waals surface area contributed by atoms with Crippen molar-refractivity contribution >= 4 is 44.5 Å². The van der Waals surface area contributed by atoms with Gasteiger partial charge in [0.25, 0.3) is 5.91 Å². The zero-order valence-electron chi connectivity index (χ0n) is 30.2. The van der Waals surface area contributed by atoms with E-state index >= 15 is 0 Å². The lowest BCUT2D eigenvalue weighted by atomic mass is 9.86. The lowest BCUT2D eigenvalue weighted by Gasteiger charge is -2.32. The number of benzene rings is 1. The largest absolute Gasteiger partial charge is 0.472 e. The molecule has 0 spiro atoms. The van der Waals surface area contributed by atoms with Crippen LogP contribution in [-0.4, -0.2) is 77.6 Å². The van der Waals surface area contributed by atoms with Crippen LogP contribution in [0, 0.1) is 23.7 Å². The van der Waals surface area contributed by atoms with E-state index in [0.717, 1.165) is 80.5 Å². The highest BCUT2D eigenvalue weighted by Gasteiger charge is 2.62. The Morgan fingerprint density at radius 2 is 1.74 bits per heavy atom. The van der Waals surface area contributed by atoms with E-state index in [1.54, 1.807) is 12.3 Å². The highest BCUT2D eigenvalue weighted by molar-refractivity contribution is 7.91. The first-order chi connectivity index (χ1) is 25.5. The molecule has 0 radical (unpaired) electrons. The zero-order valence-corrected chi connectivity index (χ0v) is 31.0. The molecule has 2 aliphatic heterocycles. The number of nitrogens with one attached hydrogen (secondary N) is 2. The second kappa shape index (κ2) is 14.3. The molecule has 13 heteroatoms. The summed E-state index contributed by atoms with van der Waals surface area (Å²) in [7, 11) is -3.87. The molecule has 2 aromatic rings. The fourth-order valence-electron chi connectivity index (χ4n) is 9.47. The maximum Gasteiger partial charge on any atom is 0.306 e. The second-order valence-electron chi connectivity index (χ2n) is 16.3. The van der Waals surface area contributed by atoms with Gasteiger partial charge >= 0.3 is 5.97 Å². The lowest BCUT2D eigenvalue weighted by Crippen LogP contribution is -2.57. The van der Waals surface area contributed by atoms with Crippen molar-refractivity contribution in [3.8, 4) is 5.88 Å². The fourth-order valence-corrected chi connectivity index (χ4v) is 10.8. The number of carbonyl (C=O) groups excluding carboxylic acids is 4. The van der Waals surface area contributed by atoms with Crippen molar-refractivity contribution in [2.45, 2.75) is 125 Å². The summed E-state index contributed by atoms with van der Waals surface area (Å²) >= 11 is 0. The van der Waals surface area contributed by atoms with Gasteiger partial charge in [0.05, 0.1) is 24.1 Å². The number of esters is 1. The first kappa shape index (κ1) is 36.0. The van der Waals surface area contributed by atoms with Gasteiger partial charge in [-0.2, -0.15) is 0 Å². The minimum absolute atomic E-state index is 0.0276. The molecule has 0 unspecified atom stereocenters. The van der Waals surface area contributed by atoms with Gasteiger partial charge < -0.3 is 19.7 Å². The molecule has 8 rings (SSSR count). The van der Waals surface area contributed by atoms with Gasteiger partial charge in [0.2, 0.25) is 27.7 Å². The number of pyridine rings is 1. The zero-order chi connectivity index (χ0) is 36.9. The highest BCUT2D eigenvalue weighted by atomic mass is 32.2. The molecule has 3 heterocycles. The number of carbonyl (C=O) groups is 4. The monoisotopic (exact) mass is 746 g/mol. The van der Waals surface area contributed by atoms with E-state index in [0.29, 0.717) is 18.7 Å². The number of ether oxygens (including phenoxy) is 2. The second-order valence-corrected chi connectivity index (χ2v) is 18.3. The van der Waals surface area contributed by atoms with E-state index < -0.39 is 56.6 Å². The summed E-state index contributed by atoms with van der Waals surface area (Å²) < 4.78 is 40.4. The van der Waals surface area contributed by atoms with Gasteiger partial charge in [-0.3, -0.25) is 23.9 Å². The molecule has 7 atom stereocenters. The molecule has 1 saturated heterocycles. The number of fused-ring (bicyclic) bond motifs is 4. The van der Waals surface area contributed by atoms with E-state index in [1.165, 1.54) is 4.90 Å². The van der Waals surface area contributed by atoms with Crippen LogP contribution in [0.1, 0.15) is 95.5 Å². The first-order valence-corrected chi connectivity index (χ1v) is 21.1. The first-order valence-electron chi connectivity index (χ1n) is 19.6. The van der Waals surface area contributed by atoms with Crippen LogP contribution in [0.3, 0.4) is 0 Å². The minimum Gasteiger partial charge on any atom is -0.472 e. The van der Waals surface area contributed by atoms with Crippen LogP contribution in [0.5, 0.6) is 5.88 Å². The maximum atomic E-state index is 14.8. The van der Waals surface area contributed by atoms with E-state index in [2.05, 4.69) is 39.8 Å². The minimum atomic E-state index is -3.87. The predicted octanol–water partition coefficient (Wildman–Crippen LogP) is 4.50. The molecule has 4 bridgehead atoms. The molecule has 53 heavy (non-hydrogen) atoms. The van der Waals surface area contributed by atoms with Crippen molar-refractivity contribution in [1.82, 2.24) is 19.9 Å². The Balaban J connectivity index is 1.12. The van der Waals surface area contributed by atoms with Crippen LogP contribution < -0.4 is 14.8 Å². The van der Waals surface area contributed by atoms with Gasteiger partial charge in [-0.05, 0) is 106 Å². The average Bonchev–Trinajstić information content (AvgIpc) is 3.93. The van der Waals surface area contributed by atoms with Crippen molar-refractivity contribution in [1.29, 1.82) is 0 Å². The van der Waals surface area contributed by atoms with Gasteiger partial charge in [0.15, 0.2) is 0 Å². The summed E-state index contributed by atoms with van der Waals surface area (Å²) in [5, 5.41) is 4.08. The smallest absolute Gasteiger partial charge is 0.306 e. The molecule has 2 N–H and O–H groups in total. The highest BCUT2D eigenvalue weighted by Crippen LogP contribution is 2.46. The summed E-state index contributed by atoms with van der Waals surface area (Å²) in [6.45, 7) is 3.89. The molecular weight excluding hydrogens is 697 g/mol. The number of sulfonamides is 1. The number of aryl methyl sites for hydroxylation is 1. The number of hydrogen-bond donors (Lipinski definition) is 2. The number of nitrogens with zero attached hydrogens (tertiary/aromatic N) is 2. The quantitative estimate of drug-likeness (QED) is 0.307. The molecule has 3 amide bonds. The molecule has 284 valence electrons. The molecule has 1 aromatic heterocycles. The summed E-state index contributed by atoms with van der Waals surface area (Å²) in [5.41, 5.74) is -0.350. The Bertz CT molecular complexity index is 1910. The third-order valence-electron chi connectivity index (χ3n) is 12.8. The normalized spacial score (nSPS) is 32.3. The summed E-state index contributed by atoms with van der Waals surface area (Å²) in [4.78, 5) is 62.5. The number of rotatable bonds is 7. The van der Waals surface area contributed by atoms with Gasteiger partial charge in [0.1, 0.15) is 23.8 Å². The summed E-state index contributed by atoms with van der Waals surface area (Å²) in [5.74, 6) is -2.52. The van der Waals surface area contributed by atoms with Crippen LogP contribution in [-0.2, 0) is 40.4 Å². The topological polar surface area (TPSA) is 161 Å². The Hall–Kier alpha value is -4.00. The van der Waals surface area contributed by atoms with E-state index in [4.69, 9.17) is 9.47 Å². The molecule has 5 fully saturated rings. The molecular formula is C40H50N4O8S. The summed E-state index contributed by atoms with van der Waals surface area (Å²) in [6.07, 6.45) is 12.8. The van der Waals surface area contributed by atoms with Crippen molar-refractivity contribution in [3.05, 3.63) is 48.7 Å². The molecule has 12 nitrogen and oxygen atoms in total. The Labute approximate surface area is 310 Å². The third kappa shape index (κ3) is 7.29. The van der Waals surface area contributed by atoms with Crippen LogP contribution in [0.2, 0.25) is 0 Å². The van der Waals surface area contributed by atoms with Gasteiger partial charge in [0, 0.05) is 23.9 Å². The van der Waals surface area contributed by atoms with Gasteiger partial charge in [-0.15, -0.1) is 6.58 Å². The van der Waals surface area contributed by atoms with Crippen LogP contribution in [0.4, 0.5) is 0 Å². The standard InChI is InChI=1S/C40H50N4O8S/c1-2-28-22-40(28,39(48)43-53(49,50)30-15-16-30)42-36(46)33-20-29-23-44(33)38(47)32(25-8-3-4-9-25)21-35(45)52-34-12-6-11-27(34)10-5-7-24-13-14-26-17-18-41-37(51-29)31(26)19-24/h2,13-14,17-19,25,27-30,32-34H,1,3-12,15-16,20-23H2,(H,42,46)(H,43,48)/t27-,28+,29+,32-,33-,34+,40+/m0/s1. The molecule has 6 aliphatic rings. The molecule has 4 saturated carbocycles. The fraction of sp³-hybridized carbons (Fsp3) is 0.625. The van der Waals surface area contributed by atoms with Crippen molar-refractivity contribution < 1.29 is 37.1 Å². The summed E-state index contributed by atoms with van der Waals surface area (Å²) in [6, 6.07) is 7.18. The molecule has 4 aliphatic carbocycles.